The van der Waals surface area contributed by atoms with Gasteiger partial charge in [0.1, 0.15) is 5.82 Å². The Bertz CT molecular complexity index is 807. The van der Waals surface area contributed by atoms with Crippen LogP contribution >= 0.6 is 0 Å². The van der Waals surface area contributed by atoms with Gasteiger partial charge in [0.15, 0.2) is 0 Å². The first-order chi connectivity index (χ1) is 13.0. The molecule has 4 rings (SSSR count). The summed E-state index contributed by atoms with van der Waals surface area (Å²) < 4.78 is 2.36. The first-order valence-electron chi connectivity index (χ1n) is 9.61. The Morgan fingerprint density at radius 3 is 2.63 bits per heavy atom. The molecule has 2 aliphatic heterocycles. The number of aromatic nitrogens is 3. The van der Waals surface area contributed by atoms with Crippen LogP contribution in [0.1, 0.15) is 18.7 Å². The van der Waals surface area contributed by atoms with E-state index in [0.29, 0.717) is 6.54 Å². The van der Waals surface area contributed by atoms with Gasteiger partial charge in [-0.3, -0.25) is 14.7 Å². The summed E-state index contributed by atoms with van der Waals surface area (Å²) in [5, 5.41) is 0. The maximum absolute atomic E-state index is 12.4. The molecule has 2 aromatic rings. The number of hydrogen-bond acceptors (Lipinski definition) is 5. The van der Waals surface area contributed by atoms with Crippen LogP contribution in [0.25, 0.3) is 11.3 Å². The fourth-order valence-electron chi connectivity index (χ4n) is 4.45. The van der Waals surface area contributed by atoms with E-state index in [1.54, 1.807) is 6.20 Å². The van der Waals surface area contributed by atoms with Crippen molar-refractivity contribution < 1.29 is 4.79 Å². The molecule has 1 saturated heterocycles. The number of rotatable bonds is 3. The highest BCUT2D eigenvalue weighted by Crippen LogP contribution is 2.41. The second-order valence-corrected chi connectivity index (χ2v) is 7.93. The second-order valence-electron chi connectivity index (χ2n) is 7.93. The molecule has 0 saturated carbocycles. The molecule has 2 aromatic heterocycles. The van der Waals surface area contributed by atoms with E-state index in [2.05, 4.69) is 27.6 Å². The number of fused-ring (bicyclic) bond motifs is 2. The third-order valence-electron chi connectivity index (χ3n) is 6.01. The molecule has 2 aliphatic rings. The van der Waals surface area contributed by atoms with Gasteiger partial charge in [0.05, 0.1) is 24.0 Å². The molecule has 0 unspecified atom stereocenters. The Labute approximate surface area is 160 Å². The van der Waals surface area contributed by atoms with E-state index in [9.17, 15) is 4.79 Å². The van der Waals surface area contributed by atoms with Gasteiger partial charge in [-0.05, 0) is 46.1 Å². The average molecular weight is 368 g/mol. The summed E-state index contributed by atoms with van der Waals surface area (Å²) >= 11 is 0. The normalized spacial score (nSPS) is 19.5. The van der Waals surface area contributed by atoms with Crippen LogP contribution < -0.4 is 0 Å². The SMILES string of the molecule is CN(C)CC(=O)N1CCC2(CC1)c1ncc(-c3cccnc3)n1CCN2C. The van der Waals surface area contributed by atoms with Crippen LogP contribution in [-0.2, 0) is 16.9 Å². The minimum absolute atomic E-state index is 0.0897. The van der Waals surface area contributed by atoms with Gasteiger partial charge in [0.2, 0.25) is 5.91 Å². The van der Waals surface area contributed by atoms with Gasteiger partial charge >= 0.3 is 0 Å². The number of likely N-dealkylation sites (tertiary alicyclic amines) is 1. The summed E-state index contributed by atoms with van der Waals surface area (Å²) in [5.41, 5.74) is 2.15. The van der Waals surface area contributed by atoms with Crippen LogP contribution in [0.15, 0.2) is 30.7 Å². The van der Waals surface area contributed by atoms with E-state index >= 15 is 0 Å². The van der Waals surface area contributed by atoms with Crippen molar-refractivity contribution in [1.29, 1.82) is 0 Å². The average Bonchev–Trinajstić information content (AvgIpc) is 3.11. The van der Waals surface area contributed by atoms with Gasteiger partial charge in [-0.15, -0.1) is 0 Å². The van der Waals surface area contributed by atoms with Crippen LogP contribution in [0.3, 0.4) is 0 Å². The molecule has 1 amide bonds. The summed E-state index contributed by atoms with van der Waals surface area (Å²) in [4.78, 5) is 27.9. The predicted molar refractivity (Wildman–Crippen MR) is 104 cm³/mol. The van der Waals surface area contributed by atoms with Crippen LogP contribution in [0.4, 0.5) is 0 Å². The first kappa shape index (κ1) is 18.1. The molecule has 0 aliphatic carbocycles. The third-order valence-corrected chi connectivity index (χ3v) is 6.01. The lowest BCUT2D eigenvalue weighted by Gasteiger charge is -2.49. The van der Waals surface area contributed by atoms with E-state index in [0.717, 1.165) is 56.1 Å². The van der Waals surface area contributed by atoms with E-state index in [-0.39, 0.29) is 11.4 Å². The Balaban J connectivity index is 1.60. The quantitative estimate of drug-likeness (QED) is 0.817. The number of amides is 1. The molecule has 0 radical (unpaired) electrons. The zero-order chi connectivity index (χ0) is 19.0. The van der Waals surface area contributed by atoms with E-state index in [1.807, 2.05) is 42.4 Å². The number of likely N-dealkylation sites (N-methyl/N-ethyl adjacent to an activating group) is 2. The number of nitrogens with zero attached hydrogens (tertiary/aromatic N) is 6. The zero-order valence-corrected chi connectivity index (χ0v) is 16.4. The van der Waals surface area contributed by atoms with Crippen molar-refractivity contribution in [1.82, 2.24) is 29.2 Å². The lowest BCUT2D eigenvalue weighted by Crippen LogP contribution is -2.57. The van der Waals surface area contributed by atoms with Gasteiger partial charge < -0.3 is 14.4 Å². The summed E-state index contributed by atoms with van der Waals surface area (Å²) in [5.74, 6) is 1.35. The van der Waals surface area contributed by atoms with Crippen LogP contribution in [0, 0.1) is 0 Å². The standard InChI is InChI=1S/C20H28N6O/c1-23(2)15-18(27)25-9-6-20(7-10-25)19-22-14-17(16-5-4-8-21-13-16)26(19)12-11-24(20)3/h4-5,8,13-14H,6-7,9-12,15H2,1-3H3. The van der Waals surface area contributed by atoms with Gasteiger partial charge in [0, 0.05) is 44.1 Å². The lowest BCUT2D eigenvalue weighted by molar-refractivity contribution is -0.135. The van der Waals surface area contributed by atoms with Crippen molar-refractivity contribution in [2.24, 2.45) is 0 Å². The van der Waals surface area contributed by atoms with Crippen molar-refractivity contribution in [2.45, 2.75) is 24.9 Å². The van der Waals surface area contributed by atoms with E-state index in [4.69, 9.17) is 4.98 Å². The molecule has 7 nitrogen and oxygen atoms in total. The Kier molecular flexibility index (Phi) is 4.74. The number of hydrogen-bond donors (Lipinski definition) is 0. The molecule has 144 valence electrons. The predicted octanol–water partition coefficient (Wildman–Crippen LogP) is 1.27. The van der Waals surface area contributed by atoms with E-state index in [1.165, 1.54) is 0 Å². The third kappa shape index (κ3) is 3.15. The highest BCUT2D eigenvalue weighted by atomic mass is 16.2. The van der Waals surface area contributed by atoms with Crippen molar-refractivity contribution in [3.63, 3.8) is 0 Å². The summed E-state index contributed by atoms with van der Waals surface area (Å²) in [6.45, 7) is 3.96. The maximum Gasteiger partial charge on any atom is 0.236 e. The number of carbonyl (C=O) groups excluding carboxylic acids is 1. The van der Waals surface area contributed by atoms with Gasteiger partial charge in [-0.2, -0.15) is 0 Å². The second kappa shape index (κ2) is 7.05. The smallest absolute Gasteiger partial charge is 0.236 e. The monoisotopic (exact) mass is 368 g/mol. The summed E-state index contributed by atoms with van der Waals surface area (Å²) in [7, 11) is 6.07. The molecule has 0 atom stereocenters. The zero-order valence-electron chi connectivity index (χ0n) is 16.4. The summed E-state index contributed by atoms with van der Waals surface area (Å²) in [6.07, 6.45) is 7.53. The Hall–Kier alpha value is -2.25. The van der Waals surface area contributed by atoms with Gasteiger partial charge in [0.25, 0.3) is 0 Å². The molecule has 0 bridgehead atoms. The molecule has 0 N–H and O–H groups in total. The van der Waals surface area contributed by atoms with Gasteiger partial charge in [-0.25, -0.2) is 4.98 Å². The lowest BCUT2D eigenvalue weighted by atomic mass is 9.83. The highest BCUT2D eigenvalue weighted by molar-refractivity contribution is 5.78. The minimum Gasteiger partial charge on any atom is -0.341 e. The number of imidazole rings is 1. The topological polar surface area (TPSA) is 57.5 Å². The number of carbonyl (C=O) groups is 1. The largest absolute Gasteiger partial charge is 0.341 e. The number of pyridine rings is 1. The van der Waals surface area contributed by atoms with Crippen molar-refractivity contribution >= 4 is 5.91 Å². The van der Waals surface area contributed by atoms with Crippen LogP contribution in [0.5, 0.6) is 0 Å². The number of piperidine rings is 1. The van der Waals surface area contributed by atoms with Crippen molar-refractivity contribution in [2.75, 3.05) is 47.3 Å². The van der Waals surface area contributed by atoms with Crippen LogP contribution in [-0.4, -0.2) is 82.5 Å². The Morgan fingerprint density at radius 1 is 1.19 bits per heavy atom. The molecule has 1 spiro atoms. The van der Waals surface area contributed by atoms with Crippen molar-refractivity contribution in [3.05, 3.63) is 36.5 Å². The molecular weight excluding hydrogens is 340 g/mol. The summed E-state index contributed by atoms with van der Waals surface area (Å²) in [6, 6.07) is 4.06. The minimum atomic E-state index is -0.0897. The first-order valence-corrected chi connectivity index (χ1v) is 9.61. The van der Waals surface area contributed by atoms with Gasteiger partial charge in [-0.1, -0.05) is 0 Å². The Morgan fingerprint density at radius 2 is 1.96 bits per heavy atom. The van der Waals surface area contributed by atoms with Crippen LogP contribution in [0.2, 0.25) is 0 Å². The highest BCUT2D eigenvalue weighted by Gasteiger charge is 2.46. The fraction of sp³-hybridized carbons (Fsp3) is 0.550. The van der Waals surface area contributed by atoms with E-state index < -0.39 is 0 Å². The molecule has 27 heavy (non-hydrogen) atoms. The molecule has 1 fully saturated rings. The molecular formula is C20H28N6O. The molecule has 4 heterocycles. The molecule has 7 heteroatoms. The maximum atomic E-state index is 12.4. The van der Waals surface area contributed by atoms with Crippen molar-refractivity contribution in [3.8, 4) is 11.3 Å². The molecule has 0 aromatic carbocycles. The fourth-order valence-corrected chi connectivity index (χ4v) is 4.45.